The summed E-state index contributed by atoms with van der Waals surface area (Å²) >= 11 is 0. The second kappa shape index (κ2) is 6.78. The van der Waals surface area contributed by atoms with Crippen molar-refractivity contribution >= 4 is 11.7 Å². The maximum absolute atomic E-state index is 13.6. The Morgan fingerprint density at radius 1 is 1.29 bits per heavy atom. The van der Waals surface area contributed by atoms with Gasteiger partial charge in [0, 0.05) is 25.1 Å². The highest BCUT2D eigenvalue weighted by atomic mass is 19.1. The number of halogens is 2. The second-order valence-corrected chi connectivity index (χ2v) is 5.56. The molecule has 1 aliphatic heterocycles. The third-order valence-electron chi connectivity index (χ3n) is 3.83. The van der Waals surface area contributed by atoms with Gasteiger partial charge < -0.3 is 4.90 Å². The van der Waals surface area contributed by atoms with Crippen molar-refractivity contribution in [2.45, 2.75) is 45.1 Å². The normalized spacial score (nSPS) is 18.6. The smallest absolute Gasteiger partial charge is 0.227 e. The first-order valence-corrected chi connectivity index (χ1v) is 7.20. The Hall–Kier alpha value is -1.78. The van der Waals surface area contributed by atoms with Crippen LogP contribution in [0.2, 0.25) is 0 Å². The first-order chi connectivity index (χ1) is 9.97. The average molecular weight is 295 g/mol. The van der Waals surface area contributed by atoms with Gasteiger partial charge in [0.15, 0.2) is 0 Å². The number of hydrogen-bond acceptors (Lipinski definition) is 2. The number of benzene rings is 1. The van der Waals surface area contributed by atoms with Crippen LogP contribution in [0.1, 0.15) is 38.2 Å². The topological polar surface area (TPSA) is 37.4 Å². The standard InChI is InChI=1S/C16H19F2NO2/c1-11(20)8-14-4-2-3-7-19(14)16(21)9-12-5-6-13(17)10-15(12)18/h5-6,10,14H,2-4,7-9H2,1H3. The lowest BCUT2D eigenvalue weighted by atomic mass is 9.97. The average Bonchev–Trinajstić information content (AvgIpc) is 2.42. The van der Waals surface area contributed by atoms with Crippen molar-refractivity contribution in [1.29, 1.82) is 0 Å². The Morgan fingerprint density at radius 2 is 2.05 bits per heavy atom. The molecule has 0 N–H and O–H groups in total. The van der Waals surface area contributed by atoms with E-state index in [0.29, 0.717) is 13.0 Å². The summed E-state index contributed by atoms with van der Waals surface area (Å²) in [6.07, 6.45) is 2.94. The molecule has 1 heterocycles. The van der Waals surface area contributed by atoms with Gasteiger partial charge in [0.25, 0.3) is 0 Å². The monoisotopic (exact) mass is 295 g/mol. The molecule has 0 spiro atoms. The zero-order valence-corrected chi connectivity index (χ0v) is 12.1. The summed E-state index contributed by atoms with van der Waals surface area (Å²) in [5, 5.41) is 0. The van der Waals surface area contributed by atoms with Crippen molar-refractivity contribution in [1.82, 2.24) is 4.90 Å². The molecule has 21 heavy (non-hydrogen) atoms. The molecule has 1 aromatic rings. The molecule has 0 radical (unpaired) electrons. The number of nitrogens with zero attached hydrogens (tertiary/aromatic N) is 1. The third-order valence-corrected chi connectivity index (χ3v) is 3.83. The van der Waals surface area contributed by atoms with Crippen molar-refractivity contribution in [3.8, 4) is 0 Å². The number of hydrogen-bond donors (Lipinski definition) is 0. The van der Waals surface area contributed by atoms with Crippen LogP contribution < -0.4 is 0 Å². The summed E-state index contributed by atoms with van der Waals surface area (Å²) < 4.78 is 26.5. The minimum atomic E-state index is -0.705. The molecule has 1 atom stereocenters. The molecule has 1 aromatic carbocycles. The molecule has 0 bridgehead atoms. The maximum atomic E-state index is 13.6. The molecule has 1 aliphatic rings. The molecule has 1 saturated heterocycles. The van der Waals surface area contributed by atoms with Gasteiger partial charge in [-0.25, -0.2) is 8.78 Å². The van der Waals surface area contributed by atoms with Crippen molar-refractivity contribution in [2.75, 3.05) is 6.54 Å². The van der Waals surface area contributed by atoms with Crippen LogP contribution in [0.4, 0.5) is 8.78 Å². The molecular weight excluding hydrogens is 276 g/mol. The van der Waals surface area contributed by atoms with E-state index in [4.69, 9.17) is 0 Å². The van der Waals surface area contributed by atoms with E-state index in [9.17, 15) is 18.4 Å². The molecule has 114 valence electrons. The quantitative estimate of drug-likeness (QED) is 0.856. The van der Waals surface area contributed by atoms with Gasteiger partial charge in [-0.15, -0.1) is 0 Å². The zero-order valence-electron chi connectivity index (χ0n) is 12.1. The summed E-state index contributed by atoms with van der Waals surface area (Å²) in [4.78, 5) is 25.3. The maximum Gasteiger partial charge on any atom is 0.227 e. The van der Waals surface area contributed by atoms with E-state index in [-0.39, 0.29) is 29.7 Å². The van der Waals surface area contributed by atoms with Gasteiger partial charge in [0.05, 0.1) is 6.42 Å². The minimum Gasteiger partial charge on any atom is -0.339 e. The van der Waals surface area contributed by atoms with E-state index in [2.05, 4.69) is 0 Å². The van der Waals surface area contributed by atoms with Crippen LogP contribution >= 0.6 is 0 Å². The molecule has 0 saturated carbocycles. The highest BCUT2D eigenvalue weighted by Crippen LogP contribution is 2.21. The molecule has 3 nitrogen and oxygen atoms in total. The van der Waals surface area contributed by atoms with Crippen LogP contribution in [-0.2, 0) is 16.0 Å². The number of ketones is 1. The highest BCUT2D eigenvalue weighted by molar-refractivity contribution is 5.81. The predicted octanol–water partition coefficient (Wildman–Crippen LogP) is 2.87. The van der Waals surface area contributed by atoms with Gasteiger partial charge in [-0.2, -0.15) is 0 Å². The Balaban J connectivity index is 2.08. The summed E-state index contributed by atoms with van der Waals surface area (Å²) in [6.45, 7) is 2.11. The number of carbonyl (C=O) groups excluding carboxylic acids is 2. The lowest BCUT2D eigenvalue weighted by Gasteiger charge is -2.35. The minimum absolute atomic E-state index is 0.0488. The Labute approximate surface area is 122 Å². The number of amides is 1. The highest BCUT2D eigenvalue weighted by Gasteiger charge is 2.27. The lowest BCUT2D eigenvalue weighted by molar-refractivity contribution is -0.135. The Bertz CT molecular complexity index is 545. The SMILES string of the molecule is CC(=O)CC1CCCCN1C(=O)Cc1ccc(F)cc1F. The zero-order chi connectivity index (χ0) is 15.4. The first kappa shape index (κ1) is 15.6. The van der Waals surface area contributed by atoms with E-state index in [1.807, 2.05) is 0 Å². The summed E-state index contributed by atoms with van der Waals surface area (Å²) in [7, 11) is 0. The number of piperidine rings is 1. The number of rotatable bonds is 4. The van der Waals surface area contributed by atoms with E-state index in [0.717, 1.165) is 31.4 Å². The summed E-state index contributed by atoms with van der Waals surface area (Å²) in [5.74, 6) is -1.52. The van der Waals surface area contributed by atoms with E-state index < -0.39 is 11.6 Å². The fourth-order valence-corrected chi connectivity index (χ4v) is 2.80. The Kier molecular flexibility index (Phi) is 5.04. The number of Topliss-reactive ketones (excluding diaryl/α,β-unsaturated/α-hetero) is 1. The second-order valence-electron chi connectivity index (χ2n) is 5.56. The fourth-order valence-electron chi connectivity index (χ4n) is 2.80. The number of carbonyl (C=O) groups is 2. The van der Waals surface area contributed by atoms with Gasteiger partial charge in [0.2, 0.25) is 5.91 Å². The van der Waals surface area contributed by atoms with Gasteiger partial charge in [-0.1, -0.05) is 6.07 Å². The third kappa shape index (κ3) is 4.09. The van der Waals surface area contributed by atoms with Crippen molar-refractivity contribution in [3.05, 3.63) is 35.4 Å². The first-order valence-electron chi connectivity index (χ1n) is 7.20. The molecule has 5 heteroatoms. The number of likely N-dealkylation sites (tertiary alicyclic amines) is 1. The van der Waals surface area contributed by atoms with E-state index >= 15 is 0 Å². The van der Waals surface area contributed by atoms with Crippen molar-refractivity contribution in [2.24, 2.45) is 0 Å². The molecule has 0 aliphatic carbocycles. The van der Waals surface area contributed by atoms with Gasteiger partial charge >= 0.3 is 0 Å². The van der Waals surface area contributed by atoms with Crippen LogP contribution in [0.15, 0.2) is 18.2 Å². The molecule has 1 fully saturated rings. The van der Waals surface area contributed by atoms with Crippen LogP contribution in [-0.4, -0.2) is 29.2 Å². The molecule has 2 rings (SSSR count). The molecular formula is C16H19F2NO2. The largest absolute Gasteiger partial charge is 0.339 e. The summed E-state index contributed by atoms with van der Waals surface area (Å²) in [6, 6.07) is 3.14. The van der Waals surface area contributed by atoms with Crippen molar-refractivity contribution in [3.63, 3.8) is 0 Å². The molecule has 1 unspecified atom stereocenters. The van der Waals surface area contributed by atoms with Gasteiger partial charge in [-0.05, 0) is 37.8 Å². The van der Waals surface area contributed by atoms with Gasteiger partial charge in [-0.3, -0.25) is 9.59 Å². The fraction of sp³-hybridized carbons (Fsp3) is 0.500. The van der Waals surface area contributed by atoms with E-state index in [1.165, 1.54) is 13.0 Å². The van der Waals surface area contributed by atoms with Crippen LogP contribution in [0, 0.1) is 11.6 Å². The lowest BCUT2D eigenvalue weighted by Crippen LogP contribution is -2.45. The predicted molar refractivity (Wildman–Crippen MR) is 74.7 cm³/mol. The van der Waals surface area contributed by atoms with Crippen LogP contribution in [0.5, 0.6) is 0 Å². The van der Waals surface area contributed by atoms with E-state index in [1.54, 1.807) is 4.90 Å². The molecule has 1 amide bonds. The van der Waals surface area contributed by atoms with Gasteiger partial charge in [0.1, 0.15) is 17.4 Å². The molecule has 0 aromatic heterocycles. The van der Waals surface area contributed by atoms with Crippen LogP contribution in [0.25, 0.3) is 0 Å². The Morgan fingerprint density at radius 3 is 2.71 bits per heavy atom. The van der Waals surface area contributed by atoms with Crippen molar-refractivity contribution < 1.29 is 18.4 Å². The summed E-state index contributed by atoms with van der Waals surface area (Å²) in [5.41, 5.74) is 0.188. The van der Waals surface area contributed by atoms with Crippen LogP contribution in [0.3, 0.4) is 0 Å².